The Morgan fingerprint density at radius 3 is 2.06 bits per heavy atom. The molecule has 34 heavy (non-hydrogen) atoms. The summed E-state index contributed by atoms with van der Waals surface area (Å²) < 4.78 is 51.2. The largest absolute Gasteiger partial charge is 0.458 e. The summed E-state index contributed by atoms with van der Waals surface area (Å²) in [5.74, 6) is -0.611. The summed E-state index contributed by atoms with van der Waals surface area (Å²) in [6.45, 7) is 10.2. The fourth-order valence-corrected chi connectivity index (χ4v) is 3.18. The van der Waals surface area contributed by atoms with E-state index in [4.69, 9.17) is 9.47 Å². The molecule has 0 saturated carbocycles. The van der Waals surface area contributed by atoms with Crippen LogP contribution in [-0.2, 0) is 19.9 Å². The van der Waals surface area contributed by atoms with Crippen molar-refractivity contribution in [1.82, 2.24) is 10.3 Å². The van der Waals surface area contributed by atoms with Crippen molar-refractivity contribution in [2.45, 2.75) is 109 Å². The van der Waals surface area contributed by atoms with Crippen molar-refractivity contribution in [1.29, 1.82) is 0 Å². The number of carbonyl (C=O) groups is 2. The van der Waals surface area contributed by atoms with Gasteiger partial charge in [-0.25, -0.2) is 9.59 Å². The van der Waals surface area contributed by atoms with Crippen molar-refractivity contribution in [2.75, 3.05) is 0 Å². The van der Waals surface area contributed by atoms with Crippen LogP contribution in [0.4, 0.5) is 18.0 Å². The standard InChI is InChI=1S/C24H37F3N2O5/c1-21(2,3)33-19(30)17(29-20(31)34-22(4,5)6)13-9-7-8-11-15-23(32,24(25,26)27)18-14-10-12-16-28-18/h10,12,14,16-17,32H,7-9,11,13,15H2,1-6H3,(H,29,31)/t17-,23?/m0/s1. The first-order valence-corrected chi connectivity index (χ1v) is 11.4. The predicted octanol–water partition coefficient (Wildman–Crippen LogP) is 5.41. The van der Waals surface area contributed by atoms with Gasteiger partial charge in [0.15, 0.2) is 0 Å². The van der Waals surface area contributed by atoms with Crippen LogP contribution >= 0.6 is 0 Å². The van der Waals surface area contributed by atoms with Crippen molar-refractivity contribution in [3.05, 3.63) is 30.1 Å². The minimum Gasteiger partial charge on any atom is -0.458 e. The third-order valence-electron chi connectivity index (χ3n) is 4.72. The molecule has 2 N–H and O–H groups in total. The van der Waals surface area contributed by atoms with E-state index in [1.807, 2.05) is 0 Å². The Labute approximate surface area is 199 Å². The van der Waals surface area contributed by atoms with Crippen molar-refractivity contribution in [3.8, 4) is 0 Å². The Morgan fingerprint density at radius 1 is 0.971 bits per heavy atom. The highest BCUT2D eigenvalue weighted by molar-refractivity contribution is 5.81. The summed E-state index contributed by atoms with van der Waals surface area (Å²) in [5, 5.41) is 12.8. The highest BCUT2D eigenvalue weighted by atomic mass is 19.4. The Balaban J connectivity index is 2.65. The highest BCUT2D eigenvalue weighted by Gasteiger charge is 2.55. The maximum atomic E-state index is 13.5. The van der Waals surface area contributed by atoms with Gasteiger partial charge in [-0.1, -0.05) is 25.3 Å². The lowest BCUT2D eigenvalue weighted by Crippen LogP contribution is -2.46. The SMILES string of the molecule is CC(C)(C)OC(=O)N[C@@H](CCCCCCC(O)(c1ccccn1)C(F)(F)F)C(=O)OC(C)(C)C. The van der Waals surface area contributed by atoms with E-state index in [0.29, 0.717) is 19.3 Å². The van der Waals surface area contributed by atoms with Crippen LogP contribution in [0.25, 0.3) is 0 Å². The topological polar surface area (TPSA) is 97.8 Å². The van der Waals surface area contributed by atoms with Gasteiger partial charge in [-0.3, -0.25) is 4.98 Å². The van der Waals surface area contributed by atoms with E-state index < -0.39 is 53.2 Å². The van der Waals surface area contributed by atoms with Crippen LogP contribution in [0.2, 0.25) is 0 Å². The average molecular weight is 491 g/mol. The number of aliphatic hydroxyl groups is 1. The van der Waals surface area contributed by atoms with Crippen LogP contribution in [0, 0.1) is 0 Å². The number of nitrogens with one attached hydrogen (secondary N) is 1. The number of rotatable bonds is 10. The maximum absolute atomic E-state index is 13.5. The molecule has 1 aromatic rings. The van der Waals surface area contributed by atoms with Gasteiger partial charge in [0, 0.05) is 6.20 Å². The number of unbranched alkanes of at least 4 members (excludes halogenated alkanes) is 3. The van der Waals surface area contributed by atoms with Crippen molar-refractivity contribution >= 4 is 12.1 Å². The van der Waals surface area contributed by atoms with Crippen molar-refractivity contribution in [3.63, 3.8) is 0 Å². The van der Waals surface area contributed by atoms with Crippen LogP contribution in [-0.4, -0.2) is 45.6 Å². The molecule has 1 amide bonds. The van der Waals surface area contributed by atoms with Gasteiger partial charge < -0.3 is 19.9 Å². The summed E-state index contributed by atoms with van der Waals surface area (Å²) in [7, 11) is 0. The smallest absolute Gasteiger partial charge is 0.422 e. The fraction of sp³-hybridized carbons (Fsp3) is 0.708. The molecule has 1 unspecified atom stereocenters. The highest BCUT2D eigenvalue weighted by Crippen LogP contribution is 2.41. The fourth-order valence-electron chi connectivity index (χ4n) is 3.18. The van der Waals surface area contributed by atoms with Crippen LogP contribution < -0.4 is 5.32 Å². The van der Waals surface area contributed by atoms with E-state index in [0.717, 1.165) is 6.07 Å². The quantitative estimate of drug-likeness (QED) is 0.336. The zero-order chi connectivity index (χ0) is 26.2. The van der Waals surface area contributed by atoms with Gasteiger partial charge in [-0.15, -0.1) is 0 Å². The van der Waals surface area contributed by atoms with Crippen LogP contribution in [0.15, 0.2) is 24.4 Å². The minimum atomic E-state index is -4.86. The number of aromatic nitrogens is 1. The van der Waals surface area contributed by atoms with Gasteiger partial charge in [-0.2, -0.15) is 13.2 Å². The monoisotopic (exact) mass is 490 g/mol. The van der Waals surface area contributed by atoms with Crippen LogP contribution in [0.5, 0.6) is 0 Å². The molecule has 7 nitrogen and oxygen atoms in total. The summed E-state index contributed by atoms with van der Waals surface area (Å²) in [6, 6.07) is 3.08. The van der Waals surface area contributed by atoms with Gasteiger partial charge in [0.25, 0.3) is 0 Å². The Bertz CT molecular complexity index is 789. The number of carbonyl (C=O) groups excluding carboxylic acids is 2. The number of amides is 1. The second-order valence-electron chi connectivity index (χ2n) is 10.3. The molecule has 1 heterocycles. The molecule has 10 heteroatoms. The van der Waals surface area contributed by atoms with Gasteiger partial charge >= 0.3 is 18.2 Å². The molecule has 1 aromatic heterocycles. The summed E-state index contributed by atoms with van der Waals surface area (Å²) in [4.78, 5) is 28.3. The number of alkyl carbamates (subject to hydrolysis) is 1. The molecule has 194 valence electrons. The summed E-state index contributed by atoms with van der Waals surface area (Å²) in [6.07, 6.45) is -3.27. The molecule has 0 spiro atoms. The second kappa shape index (κ2) is 11.9. The third-order valence-corrected chi connectivity index (χ3v) is 4.72. The second-order valence-corrected chi connectivity index (χ2v) is 10.3. The molecule has 0 aromatic carbocycles. The number of alkyl halides is 3. The van der Waals surface area contributed by atoms with Crippen molar-refractivity contribution < 1.29 is 37.3 Å². The molecule has 1 rings (SSSR count). The van der Waals surface area contributed by atoms with E-state index in [-0.39, 0.29) is 12.8 Å². The Hall–Kier alpha value is -2.36. The lowest BCUT2D eigenvalue weighted by atomic mass is 9.91. The Kier molecular flexibility index (Phi) is 10.4. The molecule has 2 atom stereocenters. The average Bonchev–Trinajstić information content (AvgIpc) is 2.66. The predicted molar refractivity (Wildman–Crippen MR) is 121 cm³/mol. The van der Waals surface area contributed by atoms with E-state index in [1.165, 1.54) is 18.3 Å². The maximum Gasteiger partial charge on any atom is 0.422 e. The number of hydrogen-bond acceptors (Lipinski definition) is 6. The van der Waals surface area contributed by atoms with Gasteiger partial charge in [-0.05, 0) is 72.9 Å². The third kappa shape index (κ3) is 10.3. The normalized spacial score (nSPS) is 15.2. The van der Waals surface area contributed by atoms with Crippen LogP contribution in [0.1, 0.15) is 85.8 Å². The summed E-state index contributed by atoms with van der Waals surface area (Å²) in [5.41, 5.74) is -4.95. The molecule has 0 bridgehead atoms. The first-order valence-electron chi connectivity index (χ1n) is 11.4. The molecule has 0 aliphatic carbocycles. The van der Waals surface area contributed by atoms with E-state index >= 15 is 0 Å². The van der Waals surface area contributed by atoms with E-state index in [9.17, 15) is 27.9 Å². The summed E-state index contributed by atoms with van der Waals surface area (Å²) >= 11 is 0. The molecule has 0 aliphatic heterocycles. The molecule has 0 radical (unpaired) electrons. The molecule has 0 fully saturated rings. The number of esters is 1. The molecular formula is C24H37F3N2O5. The zero-order valence-corrected chi connectivity index (χ0v) is 20.8. The first kappa shape index (κ1) is 29.7. The number of ether oxygens (including phenoxy) is 2. The van der Waals surface area contributed by atoms with Crippen LogP contribution in [0.3, 0.4) is 0 Å². The molecular weight excluding hydrogens is 453 g/mol. The number of nitrogens with zero attached hydrogens (tertiary/aromatic N) is 1. The van der Waals surface area contributed by atoms with Gasteiger partial charge in [0.05, 0.1) is 5.69 Å². The number of halogens is 3. The molecule has 0 saturated heterocycles. The zero-order valence-electron chi connectivity index (χ0n) is 20.8. The number of hydrogen-bond donors (Lipinski definition) is 2. The van der Waals surface area contributed by atoms with Crippen molar-refractivity contribution in [2.24, 2.45) is 0 Å². The number of pyridine rings is 1. The lowest BCUT2D eigenvalue weighted by Gasteiger charge is -2.30. The minimum absolute atomic E-state index is 0.100. The van der Waals surface area contributed by atoms with E-state index in [2.05, 4.69) is 10.3 Å². The van der Waals surface area contributed by atoms with E-state index in [1.54, 1.807) is 41.5 Å². The van der Waals surface area contributed by atoms with Gasteiger partial charge in [0.2, 0.25) is 5.60 Å². The Morgan fingerprint density at radius 2 is 1.56 bits per heavy atom. The lowest BCUT2D eigenvalue weighted by molar-refractivity contribution is -0.271. The van der Waals surface area contributed by atoms with Gasteiger partial charge in [0.1, 0.15) is 17.2 Å². The first-order chi connectivity index (χ1) is 15.4. The molecule has 0 aliphatic rings.